The minimum Gasteiger partial charge on any atom is -0.475 e. The number of benzene rings is 1. The molecule has 0 spiro atoms. The van der Waals surface area contributed by atoms with Gasteiger partial charge in [0.1, 0.15) is 0 Å². The average Bonchev–Trinajstić information content (AvgIpc) is 3.28. The molecule has 3 heterocycles. The van der Waals surface area contributed by atoms with Crippen LogP contribution in [0.2, 0.25) is 0 Å². The molecule has 2 N–H and O–H groups in total. The fraction of sp³-hybridized carbons (Fsp3) is 0.412. The highest BCUT2D eigenvalue weighted by Gasteiger charge is 2.38. The van der Waals surface area contributed by atoms with Crippen LogP contribution in [-0.4, -0.2) is 50.3 Å². The molecule has 0 bridgehead atoms. The van der Waals surface area contributed by atoms with Gasteiger partial charge in [0, 0.05) is 11.3 Å². The third kappa shape index (κ3) is 4.30. The molecule has 4 rings (SSSR count). The van der Waals surface area contributed by atoms with Crippen molar-refractivity contribution in [1.82, 2.24) is 25.2 Å². The van der Waals surface area contributed by atoms with Crippen LogP contribution in [0.4, 0.5) is 13.2 Å². The molecular weight excluding hydrogens is 379 g/mol. The average molecular weight is 397 g/mol. The van der Waals surface area contributed by atoms with E-state index in [1.807, 2.05) is 25.1 Å². The molecule has 28 heavy (non-hydrogen) atoms. The van der Waals surface area contributed by atoms with Crippen molar-refractivity contribution in [2.45, 2.75) is 31.9 Å². The molecule has 1 saturated heterocycles. The van der Waals surface area contributed by atoms with E-state index < -0.39 is 12.1 Å². The number of carboxylic acid groups (broad SMARTS) is 1. The summed E-state index contributed by atoms with van der Waals surface area (Å²) in [6.45, 7) is 4.00. The number of nitrogens with one attached hydrogen (secondary N) is 1. The summed E-state index contributed by atoms with van der Waals surface area (Å²) >= 11 is 0. The highest BCUT2D eigenvalue weighted by molar-refractivity contribution is 5.82. The number of rotatable bonds is 2. The van der Waals surface area contributed by atoms with Crippen LogP contribution in [0.1, 0.15) is 30.3 Å². The van der Waals surface area contributed by atoms with Gasteiger partial charge in [0.15, 0.2) is 0 Å². The molecule has 1 aliphatic heterocycles. The minimum absolute atomic E-state index is 0.357. The lowest BCUT2D eigenvalue weighted by Gasteiger charge is -2.18. The van der Waals surface area contributed by atoms with Crippen molar-refractivity contribution < 1.29 is 27.6 Å². The molecule has 1 fully saturated rings. The Morgan fingerprint density at radius 2 is 1.93 bits per heavy atom. The van der Waals surface area contributed by atoms with Crippen LogP contribution in [0.5, 0.6) is 0 Å². The predicted octanol–water partition coefficient (Wildman–Crippen LogP) is 2.82. The van der Waals surface area contributed by atoms with Gasteiger partial charge in [-0.15, -0.1) is 0 Å². The van der Waals surface area contributed by atoms with Gasteiger partial charge < -0.3 is 14.9 Å². The van der Waals surface area contributed by atoms with Gasteiger partial charge in [0.25, 0.3) is 5.95 Å². The lowest BCUT2D eigenvalue weighted by Crippen LogP contribution is -2.26. The lowest BCUT2D eigenvalue weighted by atomic mass is 9.98. The summed E-state index contributed by atoms with van der Waals surface area (Å²) in [6, 6.07) is 8.09. The van der Waals surface area contributed by atoms with Crippen molar-refractivity contribution in [2.24, 2.45) is 0 Å². The number of hydrogen-bond donors (Lipinski definition) is 2. The Morgan fingerprint density at radius 1 is 1.29 bits per heavy atom. The number of carbonyl (C=O) groups is 1. The first-order valence-corrected chi connectivity index (χ1v) is 8.56. The van der Waals surface area contributed by atoms with Gasteiger partial charge in [-0.2, -0.15) is 27.9 Å². The van der Waals surface area contributed by atoms with E-state index >= 15 is 0 Å². The molecule has 0 radical (unpaired) electrons. The maximum Gasteiger partial charge on any atom is 0.490 e. The van der Waals surface area contributed by atoms with E-state index in [0.717, 1.165) is 48.4 Å². The molecule has 0 aliphatic carbocycles. The molecule has 0 unspecified atom stereocenters. The predicted molar refractivity (Wildman–Crippen MR) is 92.2 cm³/mol. The molecule has 0 amide bonds. The van der Waals surface area contributed by atoms with Gasteiger partial charge in [-0.25, -0.2) is 4.79 Å². The topological polar surface area (TPSA) is 106 Å². The lowest BCUT2D eigenvalue weighted by molar-refractivity contribution is -0.192. The highest BCUT2D eigenvalue weighted by Crippen LogP contribution is 2.25. The Kier molecular flexibility index (Phi) is 5.63. The summed E-state index contributed by atoms with van der Waals surface area (Å²) in [6.07, 6.45) is -3.00. The van der Waals surface area contributed by atoms with Gasteiger partial charge in [-0.05, 0) is 44.1 Å². The van der Waals surface area contributed by atoms with Crippen LogP contribution in [0, 0.1) is 6.92 Å². The zero-order valence-corrected chi connectivity index (χ0v) is 14.9. The second-order valence-electron chi connectivity index (χ2n) is 6.27. The number of aryl methyl sites for hydroxylation is 1. The number of nitrogens with zero attached hydrogens (tertiary/aromatic N) is 4. The largest absolute Gasteiger partial charge is 0.490 e. The third-order valence-corrected chi connectivity index (χ3v) is 4.32. The number of piperidine rings is 1. The molecule has 1 aromatic carbocycles. The van der Waals surface area contributed by atoms with E-state index in [2.05, 4.69) is 26.6 Å². The molecule has 8 nitrogen and oxygen atoms in total. The number of fused-ring (bicyclic) bond motifs is 1. The summed E-state index contributed by atoms with van der Waals surface area (Å²) in [5.74, 6) is -1.15. The molecular formula is C17H18F3N5O3. The first kappa shape index (κ1) is 19.8. The number of para-hydroxylation sites is 1. The van der Waals surface area contributed by atoms with Crippen molar-refractivity contribution >= 4 is 16.9 Å². The maximum atomic E-state index is 10.6. The van der Waals surface area contributed by atoms with Crippen LogP contribution in [0.15, 0.2) is 28.8 Å². The van der Waals surface area contributed by atoms with Crippen molar-refractivity contribution in [3.63, 3.8) is 0 Å². The van der Waals surface area contributed by atoms with Crippen molar-refractivity contribution in [2.75, 3.05) is 13.1 Å². The quantitative estimate of drug-likeness (QED) is 0.685. The minimum atomic E-state index is -5.08. The summed E-state index contributed by atoms with van der Waals surface area (Å²) in [5.41, 5.74) is 1.98. The fourth-order valence-electron chi connectivity index (χ4n) is 2.92. The molecule has 2 aromatic heterocycles. The first-order chi connectivity index (χ1) is 13.3. The number of halogens is 3. The number of aromatic nitrogens is 4. The zero-order chi connectivity index (χ0) is 20.3. The van der Waals surface area contributed by atoms with E-state index in [9.17, 15) is 13.2 Å². The van der Waals surface area contributed by atoms with Crippen molar-refractivity contribution in [3.8, 4) is 5.95 Å². The first-order valence-electron chi connectivity index (χ1n) is 8.56. The second-order valence-corrected chi connectivity index (χ2v) is 6.27. The zero-order valence-electron chi connectivity index (χ0n) is 14.9. The summed E-state index contributed by atoms with van der Waals surface area (Å²) in [5, 5.41) is 20.2. The molecule has 0 atom stereocenters. The normalized spacial score (nSPS) is 15.3. The number of aliphatic carboxylic acids is 1. The Labute approximate surface area is 157 Å². The number of carboxylic acids is 1. The smallest absolute Gasteiger partial charge is 0.475 e. The maximum absolute atomic E-state index is 10.6. The molecule has 1 aliphatic rings. The summed E-state index contributed by atoms with van der Waals surface area (Å²) in [7, 11) is 0. The van der Waals surface area contributed by atoms with Crippen LogP contribution in [0.25, 0.3) is 16.9 Å². The SMILES string of the molecule is Cc1nn(-c2noc(C3CCNCC3)n2)c2ccccc12.O=C(O)C(F)(F)F. The van der Waals surface area contributed by atoms with E-state index in [1.54, 1.807) is 4.68 Å². The van der Waals surface area contributed by atoms with Gasteiger partial charge in [-0.3, -0.25) is 0 Å². The molecule has 11 heteroatoms. The second kappa shape index (κ2) is 7.97. The Hall–Kier alpha value is -2.95. The summed E-state index contributed by atoms with van der Waals surface area (Å²) < 4.78 is 39.0. The summed E-state index contributed by atoms with van der Waals surface area (Å²) in [4.78, 5) is 13.5. The third-order valence-electron chi connectivity index (χ3n) is 4.32. The van der Waals surface area contributed by atoms with E-state index in [1.165, 1.54) is 0 Å². The standard InChI is InChI=1S/C15H17N5O.C2HF3O2/c1-10-12-4-2-3-5-13(12)20(18-10)15-17-14(21-19-15)11-6-8-16-9-7-11;3-2(4,5)1(6)7/h2-5,11,16H,6-9H2,1H3;(H,6,7). The molecule has 3 aromatic rings. The number of hydrogen-bond acceptors (Lipinski definition) is 6. The van der Waals surface area contributed by atoms with Crippen molar-refractivity contribution in [1.29, 1.82) is 0 Å². The highest BCUT2D eigenvalue weighted by atomic mass is 19.4. The van der Waals surface area contributed by atoms with E-state index in [-0.39, 0.29) is 0 Å². The van der Waals surface area contributed by atoms with Gasteiger partial charge >= 0.3 is 12.1 Å². The van der Waals surface area contributed by atoms with Crippen LogP contribution in [0.3, 0.4) is 0 Å². The number of alkyl halides is 3. The van der Waals surface area contributed by atoms with Gasteiger partial charge in [0.2, 0.25) is 5.89 Å². The Bertz CT molecular complexity index is 961. The van der Waals surface area contributed by atoms with E-state index in [4.69, 9.17) is 14.4 Å². The monoisotopic (exact) mass is 397 g/mol. The molecule has 150 valence electrons. The van der Waals surface area contributed by atoms with Gasteiger partial charge in [0.05, 0.1) is 11.2 Å². The van der Waals surface area contributed by atoms with Crippen LogP contribution >= 0.6 is 0 Å². The van der Waals surface area contributed by atoms with Crippen molar-refractivity contribution in [3.05, 3.63) is 35.9 Å². The van der Waals surface area contributed by atoms with Gasteiger partial charge in [-0.1, -0.05) is 18.2 Å². The van der Waals surface area contributed by atoms with Crippen LogP contribution < -0.4 is 5.32 Å². The Morgan fingerprint density at radius 3 is 2.57 bits per heavy atom. The fourth-order valence-corrected chi connectivity index (χ4v) is 2.92. The van der Waals surface area contributed by atoms with E-state index in [0.29, 0.717) is 11.9 Å². The Balaban J connectivity index is 0.000000279. The van der Waals surface area contributed by atoms with Crippen LogP contribution in [-0.2, 0) is 4.79 Å². The molecule has 0 saturated carbocycles.